The fraction of sp³-hybridized carbons (Fsp3) is 0.500. The number of likely N-dealkylation sites (tertiary alicyclic amines) is 1. The van der Waals surface area contributed by atoms with Gasteiger partial charge in [-0.1, -0.05) is 56.7 Å². The van der Waals surface area contributed by atoms with E-state index in [-0.39, 0.29) is 29.3 Å². The average Bonchev–Trinajstić information content (AvgIpc) is 2.71. The van der Waals surface area contributed by atoms with E-state index in [1.165, 1.54) is 0 Å². The third-order valence-corrected chi connectivity index (χ3v) is 10.6. The van der Waals surface area contributed by atoms with Crippen LogP contribution >= 0.6 is 0 Å². The SMILES string of the molecule is BC(=O)N1CCC(=C(C(=O)NNC(=O)CO[Si](C)(C)C(C)(C)C)c2ccccc2)CC1. The molecule has 1 fully saturated rings. The second-order valence-electron chi connectivity index (χ2n) is 9.40. The maximum atomic E-state index is 13.0. The number of carbonyl (C=O) groups excluding carboxylic acids is 3. The summed E-state index contributed by atoms with van der Waals surface area (Å²) in [4.78, 5) is 38.7. The van der Waals surface area contributed by atoms with Gasteiger partial charge in [0.1, 0.15) is 6.61 Å². The largest absolute Gasteiger partial charge is 0.407 e. The Kier molecular flexibility index (Phi) is 8.25. The van der Waals surface area contributed by atoms with E-state index in [0.29, 0.717) is 31.5 Å². The average molecular weight is 443 g/mol. The van der Waals surface area contributed by atoms with E-state index >= 15 is 0 Å². The molecule has 0 atom stereocenters. The molecule has 2 rings (SSSR count). The molecule has 1 aliphatic rings. The summed E-state index contributed by atoms with van der Waals surface area (Å²) in [5.74, 6) is -0.709. The van der Waals surface area contributed by atoms with Crippen LogP contribution in [-0.2, 0) is 14.0 Å². The summed E-state index contributed by atoms with van der Waals surface area (Å²) in [6.45, 7) is 11.5. The van der Waals surface area contributed by atoms with Crippen LogP contribution in [0.3, 0.4) is 0 Å². The number of nitrogens with one attached hydrogen (secondary N) is 2. The van der Waals surface area contributed by atoms with Crippen molar-refractivity contribution in [2.45, 2.75) is 51.7 Å². The third-order valence-electron chi connectivity index (χ3n) is 6.14. The molecule has 1 heterocycles. The van der Waals surface area contributed by atoms with Crippen molar-refractivity contribution in [3.05, 3.63) is 41.5 Å². The summed E-state index contributed by atoms with van der Waals surface area (Å²) in [7, 11) is -0.500. The minimum Gasteiger partial charge on any atom is -0.407 e. The van der Waals surface area contributed by atoms with Crippen molar-refractivity contribution in [2.75, 3.05) is 19.7 Å². The standard InChI is InChI=1S/C22H34BN3O4Si/c1-22(2,3)31(4,5)30-15-18(27)24-25-20(28)19(16-9-7-6-8-10-16)17-11-13-26(14-12-17)21(23)29/h6-10H,11-15,23H2,1-5H3,(H,24,27)(H,25,28). The molecule has 1 saturated heterocycles. The number of nitrogens with zero attached hydrogens (tertiary/aromatic N) is 1. The number of amides is 3. The minimum absolute atomic E-state index is 0.00381. The van der Waals surface area contributed by atoms with Gasteiger partial charge in [-0.05, 0) is 36.5 Å². The van der Waals surface area contributed by atoms with Gasteiger partial charge in [0, 0.05) is 18.7 Å². The van der Waals surface area contributed by atoms with Crippen LogP contribution in [0, 0.1) is 0 Å². The lowest BCUT2D eigenvalue weighted by molar-refractivity contribution is -0.128. The van der Waals surface area contributed by atoms with E-state index < -0.39 is 8.32 Å². The number of carbonyl (C=O) groups is 3. The van der Waals surface area contributed by atoms with Crippen LogP contribution in [0.4, 0.5) is 4.79 Å². The summed E-state index contributed by atoms with van der Waals surface area (Å²) in [6, 6.07) is 9.39. The fourth-order valence-electron chi connectivity index (χ4n) is 3.13. The molecule has 2 N–H and O–H groups in total. The second-order valence-corrected chi connectivity index (χ2v) is 14.2. The van der Waals surface area contributed by atoms with Crippen LogP contribution in [0.5, 0.6) is 0 Å². The molecule has 0 unspecified atom stereocenters. The Morgan fingerprint density at radius 2 is 1.65 bits per heavy atom. The summed E-state index contributed by atoms with van der Waals surface area (Å²) in [5.41, 5.74) is 7.35. The van der Waals surface area contributed by atoms with Gasteiger partial charge < -0.3 is 9.33 Å². The zero-order valence-electron chi connectivity index (χ0n) is 19.5. The van der Waals surface area contributed by atoms with Gasteiger partial charge in [0.2, 0.25) is 7.85 Å². The van der Waals surface area contributed by atoms with Crippen LogP contribution in [0.2, 0.25) is 18.1 Å². The van der Waals surface area contributed by atoms with E-state index in [2.05, 4.69) is 44.7 Å². The van der Waals surface area contributed by atoms with Gasteiger partial charge in [0.15, 0.2) is 14.1 Å². The summed E-state index contributed by atoms with van der Waals surface area (Å²) in [6.07, 6.45) is 1.25. The number of piperidine rings is 1. The summed E-state index contributed by atoms with van der Waals surface area (Å²) >= 11 is 0. The van der Waals surface area contributed by atoms with Crippen molar-refractivity contribution in [1.82, 2.24) is 15.8 Å². The molecule has 0 saturated carbocycles. The molecule has 168 valence electrons. The van der Waals surface area contributed by atoms with Gasteiger partial charge in [0.25, 0.3) is 11.8 Å². The van der Waals surface area contributed by atoms with Gasteiger partial charge in [-0.3, -0.25) is 25.2 Å². The van der Waals surface area contributed by atoms with Gasteiger partial charge in [0.05, 0.1) is 0 Å². The zero-order valence-corrected chi connectivity index (χ0v) is 20.5. The van der Waals surface area contributed by atoms with Crippen molar-refractivity contribution in [3.63, 3.8) is 0 Å². The number of benzene rings is 1. The maximum absolute atomic E-state index is 13.0. The van der Waals surface area contributed by atoms with Crippen molar-refractivity contribution >= 4 is 39.4 Å². The Balaban J connectivity index is 2.07. The number of rotatable bonds is 5. The third kappa shape index (κ3) is 6.80. The Labute approximate surface area is 187 Å². The van der Waals surface area contributed by atoms with Crippen molar-refractivity contribution in [1.29, 1.82) is 0 Å². The van der Waals surface area contributed by atoms with Crippen LogP contribution in [0.25, 0.3) is 5.57 Å². The topological polar surface area (TPSA) is 87.7 Å². The lowest BCUT2D eigenvalue weighted by Crippen LogP contribution is -2.48. The zero-order chi connectivity index (χ0) is 23.2. The molecule has 0 aromatic heterocycles. The van der Waals surface area contributed by atoms with Crippen molar-refractivity contribution in [2.24, 2.45) is 0 Å². The monoisotopic (exact) mass is 443 g/mol. The smallest absolute Gasteiger partial charge is 0.270 e. The van der Waals surface area contributed by atoms with Crippen LogP contribution in [0.15, 0.2) is 35.9 Å². The Morgan fingerprint density at radius 3 is 2.16 bits per heavy atom. The molecule has 9 heteroatoms. The molecule has 0 bridgehead atoms. The van der Waals surface area contributed by atoms with Crippen LogP contribution in [-0.4, -0.2) is 58.4 Å². The molecular formula is C22H34BN3O4Si. The van der Waals surface area contributed by atoms with E-state index in [9.17, 15) is 14.4 Å². The van der Waals surface area contributed by atoms with Crippen LogP contribution in [0.1, 0.15) is 39.2 Å². The fourth-order valence-corrected chi connectivity index (χ4v) is 4.05. The van der Waals surface area contributed by atoms with Crippen molar-refractivity contribution in [3.8, 4) is 0 Å². The number of hydrogen-bond donors (Lipinski definition) is 2. The molecular weight excluding hydrogens is 409 g/mol. The first kappa shape index (κ1) is 24.9. The van der Waals surface area contributed by atoms with Crippen LogP contribution < -0.4 is 10.9 Å². The lowest BCUT2D eigenvalue weighted by Gasteiger charge is -2.35. The van der Waals surface area contributed by atoms with Gasteiger partial charge in [-0.15, -0.1) is 0 Å². The van der Waals surface area contributed by atoms with Gasteiger partial charge in [-0.2, -0.15) is 0 Å². The molecule has 3 amide bonds. The highest BCUT2D eigenvalue weighted by Crippen LogP contribution is 2.36. The number of hydrazine groups is 1. The Bertz CT molecular complexity index is 840. The highest BCUT2D eigenvalue weighted by Gasteiger charge is 2.37. The molecule has 7 nitrogen and oxygen atoms in total. The maximum Gasteiger partial charge on any atom is 0.270 e. The Morgan fingerprint density at radius 1 is 1.06 bits per heavy atom. The lowest BCUT2D eigenvalue weighted by atomic mass is 9.91. The molecule has 0 radical (unpaired) electrons. The van der Waals surface area contributed by atoms with E-state index in [4.69, 9.17) is 4.43 Å². The first-order valence-corrected chi connectivity index (χ1v) is 13.6. The molecule has 31 heavy (non-hydrogen) atoms. The predicted molar refractivity (Wildman–Crippen MR) is 128 cm³/mol. The first-order valence-electron chi connectivity index (χ1n) is 10.7. The molecule has 1 aromatic rings. The molecule has 0 aliphatic carbocycles. The van der Waals surface area contributed by atoms with Crippen molar-refractivity contribution < 1.29 is 18.8 Å². The molecule has 0 spiro atoms. The summed E-state index contributed by atoms with van der Waals surface area (Å²) in [5, 5.41) is -0.00381. The normalized spacial score (nSPS) is 14.7. The van der Waals surface area contributed by atoms with Gasteiger partial charge in [-0.25, -0.2) is 0 Å². The first-order chi connectivity index (χ1) is 14.4. The van der Waals surface area contributed by atoms with Gasteiger partial charge >= 0.3 is 0 Å². The Hall–Kier alpha value is -2.39. The molecule has 1 aliphatic heterocycles. The highest BCUT2D eigenvalue weighted by molar-refractivity contribution is 6.74. The second kappa shape index (κ2) is 10.3. The van der Waals surface area contributed by atoms with E-state index in [0.717, 1.165) is 11.1 Å². The predicted octanol–water partition coefficient (Wildman–Crippen LogP) is 2.46. The highest BCUT2D eigenvalue weighted by atomic mass is 28.4. The molecule has 1 aromatic carbocycles. The summed E-state index contributed by atoms with van der Waals surface area (Å²) < 4.78 is 5.91. The van der Waals surface area contributed by atoms with E-state index in [1.807, 2.05) is 30.3 Å². The number of hydrogen-bond acceptors (Lipinski definition) is 4. The van der Waals surface area contributed by atoms with E-state index in [1.54, 1.807) is 12.7 Å². The quantitative estimate of drug-likeness (QED) is 0.416. The minimum atomic E-state index is -2.06.